The normalized spacial score (nSPS) is 19.9. The molecule has 0 radical (unpaired) electrons. The monoisotopic (exact) mass is 384 g/mol. The molecule has 0 saturated heterocycles. The van der Waals surface area contributed by atoms with Crippen molar-refractivity contribution in [2.24, 2.45) is 5.92 Å². The summed E-state index contributed by atoms with van der Waals surface area (Å²) in [7, 11) is 1.55. The summed E-state index contributed by atoms with van der Waals surface area (Å²) >= 11 is 6.59. The van der Waals surface area contributed by atoms with E-state index in [2.05, 4.69) is 13.2 Å². The zero-order valence-corrected chi connectivity index (χ0v) is 16.3. The number of rotatable bonds is 4. The minimum absolute atomic E-state index is 0.0778. The van der Waals surface area contributed by atoms with Crippen LogP contribution < -0.4 is 4.74 Å². The van der Waals surface area contributed by atoms with E-state index < -0.39 is 5.92 Å². The summed E-state index contributed by atoms with van der Waals surface area (Å²) < 4.78 is 18.8. The molecule has 0 heterocycles. The lowest BCUT2D eigenvalue weighted by Crippen LogP contribution is -2.26. The summed E-state index contributed by atoms with van der Waals surface area (Å²) in [5, 5.41) is 0.446. The second-order valence-electron chi connectivity index (χ2n) is 7.09. The largest absolute Gasteiger partial charge is 0.496 e. The molecular weight excluding hydrogens is 363 g/mol. The van der Waals surface area contributed by atoms with E-state index in [0.717, 1.165) is 22.3 Å². The number of allylic oxidation sites excluding steroid dienone is 2. The third-order valence-corrected chi connectivity index (χ3v) is 5.47. The SMILES string of the molecule is C=C(C)C1CC(=C)C(c2c(Cl)cc(-c3ccc(F)cc3)cc2OC)C(=O)C1. The fourth-order valence-electron chi connectivity index (χ4n) is 3.66. The zero-order chi connectivity index (χ0) is 19.7. The molecule has 2 atom stereocenters. The fourth-order valence-corrected chi connectivity index (χ4v) is 3.98. The standard InChI is InChI=1S/C23H22ClFO2/c1-13(2)16-9-14(3)22(20(26)11-16)23-19(24)10-17(12-21(23)27-4)15-5-7-18(25)8-6-15/h5-8,10,12,16,22H,1,3,9,11H2,2,4H3. The van der Waals surface area contributed by atoms with Gasteiger partial charge in [-0.05, 0) is 54.7 Å². The van der Waals surface area contributed by atoms with Gasteiger partial charge >= 0.3 is 0 Å². The highest BCUT2D eigenvalue weighted by atomic mass is 35.5. The van der Waals surface area contributed by atoms with Crippen LogP contribution in [-0.2, 0) is 4.79 Å². The number of ketones is 1. The topological polar surface area (TPSA) is 26.3 Å². The van der Waals surface area contributed by atoms with Gasteiger partial charge in [-0.3, -0.25) is 4.79 Å². The van der Waals surface area contributed by atoms with E-state index in [4.69, 9.17) is 16.3 Å². The Balaban J connectivity index is 2.03. The van der Waals surface area contributed by atoms with Crippen molar-refractivity contribution in [1.82, 2.24) is 0 Å². The summed E-state index contributed by atoms with van der Waals surface area (Å²) in [5.41, 5.74) is 4.09. The number of methoxy groups -OCH3 is 1. The quantitative estimate of drug-likeness (QED) is 0.574. The molecule has 0 N–H and O–H groups in total. The Kier molecular flexibility index (Phi) is 5.52. The maximum absolute atomic E-state index is 13.2. The van der Waals surface area contributed by atoms with Crippen molar-refractivity contribution in [3.05, 3.63) is 77.1 Å². The average molecular weight is 385 g/mol. The van der Waals surface area contributed by atoms with Crippen LogP contribution in [0.15, 0.2) is 60.7 Å². The van der Waals surface area contributed by atoms with Gasteiger partial charge in [-0.2, -0.15) is 0 Å². The van der Waals surface area contributed by atoms with Crippen molar-refractivity contribution in [3.8, 4) is 16.9 Å². The van der Waals surface area contributed by atoms with Crippen molar-refractivity contribution in [2.75, 3.05) is 7.11 Å². The van der Waals surface area contributed by atoms with Gasteiger partial charge in [0.05, 0.1) is 13.0 Å². The van der Waals surface area contributed by atoms with Crippen LogP contribution in [-0.4, -0.2) is 12.9 Å². The first-order valence-electron chi connectivity index (χ1n) is 8.81. The van der Waals surface area contributed by atoms with Crippen LogP contribution in [0.2, 0.25) is 5.02 Å². The molecule has 1 aliphatic carbocycles. The predicted molar refractivity (Wildman–Crippen MR) is 108 cm³/mol. The van der Waals surface area contributed by atoms with Gasteiger partial charge in [-0.1, -0.05) is 48.0 Å². The van der Waals surface area contributed by atoms with Gasteiger partial charge in [0, 0.05) is 17.0 Å². The summed E-state index contributed by atoms with van der Waals surface area (Å²) in [4.78, 5) is 12.9. The molecule has 27 heavy (non-hydrogen) atoms. The Bertz CT molecular complexity index is 897. The van der Waals surface area contributed by atoms with Gasteiger partial charge in [0.2, 0.25) is 0 Å². The van der Waals surface area contributed by atoms with Crippen molar-refractivity contribution in [1.29, 1.82) is 0 Å². The van der Waals surface area contributed by atoms with Crippen LogP contribution in [0.4, 0.5) is 4.39 Å². The molecule has 3 rings (SSSR count). The van der Waals surface area contributed by atoms with Gasteiger partial charge in [-0.15, -0.1) is 0 Å². The van der Waals surface area contributed by atoms with Crippen LogP contribution in [0.1, 0.15) is 31.2 Å². The van der Waals surface area contributed by atoms with Crippen molar-refractivity contribution in [3.63, 3.8) is 0 Å². The zero-order valence-electron chi connectivity index (χ0n) is 15.5. The third-order valence-electron chi connectivity index (χ3n) is 5.16. The second-order valence-corrected chi connectivity index (χ2v) is 7.50. The molecule has 1 saturated carbocycles. The molecule has 2 aromatic carbocycles. The first-order chi connectivity index (χ1) is 12.8. The molecule has 140 valence electrons. The average Bonchev–Trinajstić information content (AvgIpc) is 2.62. The number of Topliss-reactive ketones (excluding diaryl/α,β-unsaturated/α-hetero) is 1. The predicted octanol–water partition coefficient (Wildman–Crippen LogP) is 6.35. The van der Waals surface area contributed by atoms with Gasteiger partial charge in [0.1, 0.15) is 17.3 Å². The van der Waals surface area contributed by atoms with E-state index in [-0.39, 0.29) is 17.5 Å². The summed E-state index contributed by atoms with van der Waals surface area (Å²) in [5.74, 6) is -0.0384. The van der Waals surface area contributed by atoms with Crippen LogP contribution in [0.25, 0.3) is 11.1 Å². The molecule has 0 bridgehead atoms. The molecule has 2 unspecified atom stereocenters. The first-order valence-corrected chi connectivity index (χ1v) is 9.18. The van der Waals surface area contributed by atoms with Gasteiger partial charge < -0.3 is 4.74 Å². The van der Waals surface area contributed by atoms with E-state index in [1.807, 2.05) is 13.0 Å². The first kappa shape index (κ1) is 19.4. The Hall–Kier alpha value is -2.39. The lowest BCUT2D eigenvalue weighted by Gasteiger charge is -2.31. The molecule has 2 nitrogen and oxygen atoms in total. The van der Waals surface area contributed by atoms with E-state index >= 15 is 0 Å². The maximum Gasteiger partial charge on any atom is 0.145 e. The Labute approximate surface area is 164 Å². The number of benzene rings is 2. The van der Waals surface area contributed by atoms with Gasteiger partial charge in [0.15, 0.2) is 0 Å². The lowest BCUT2D eigenvalue weighted by atomic mass is 9.72. The minimum Gasteiger partial charge on any atom is -0.496 e. The van der Waals surface area contributed by atoms with Gasteiger partial charge in [0.25, 0.3) is 0 Å². The van der Waals surface area contributed by atoms with Gasteiger partial charge in [-0.25, -0.2) is 4.39 Å². The number of halogens is 2. The highest BCUT2D eigenvalue weighted by Gasteiger charge is 2.36. The molecule has 0 amide bonds. The molecule has 2 aromatic rings. The molecule has 1 aliphatic rings. The van der Waals surface area contributed by atoms with E-state index in [1.165, 1.54) is 12.1 Å². The smallest absolute Gasteiger partial charge is 0.145 e. The Morgan fingerprint density at radius 2 is 1.85 bits per heavy atom. The molecule has 1 fully saturated rings. The van der Waals surface area contributed by atoms with Crippen LogP contribution >= 0.6 is 11.6 Å². The highest BCUT2D eigenvalue weighted by molar-refractivity contribution is 6.32. The van der Waals surface area contributed by atoms with E-state index in [9.17, 15) is 9.18 Å². The molecule has 0 spiro atoms. The van der Waals surface area contributed by atoms with Crippen molar-refractivity contribution >= 4 is 17.4 Å². The second kappa shape index (κ2) is 7.69. The van der Waals surface area contributed by atoms with Crippen LogP contribution in [0, 0.1) is 11.7 Å². The van der Waals surface area contributed by atoms with E-state index in [0.29, 0.717) is 29.2 Å². The fraction of sp³-hybridized carbons (Fsp3) is 0.261. The summed E-state index contributed by atoms with van der Waals surface area (Å²) in [6, 6.07) is 9.78. The third kappa shape index (κ3) is 3.84. The van der Waals surface area contributed by atoms with Crippen LogP contribution in [0.5, 0.6) is 5.75 Å². The number of ether oxygens (including phenoxy) is 1. The summed E-state index contributed by atoms with van der Waals surface area (Å²) in [6.07, 6.45) is 1.14. The molecule has 0 aromatic heterocycles. The number of carbonyl (C=O) groups excluding carboxylic acids is 1. The Morgan fingerprint density at radius 3 is 2.41 bits per heavy atom. The molecular formula is C23H22ClFO2. The molecule has 0 aliphatic heterocycles. The number of hydrogen-bond donors (Lipinski definition) is 0. The highest BCUT2D eigenvalue weighted by Crippen LogP contribution is 2.46. The number of hydrogen-bond acceptors (Lipinski definition) is 2. The van der Waals surface area contributed by atoms with Crippen molar-refractivity contribution < 1.29 is 13.9 Å². The molecule has 4 heteroatoms. The van der Waals surface area contributed by atoms with Crippen LogP contribution in [0.3, 0.4) is 0 Å². The lowest BCUT2D eigenvalue weighted by molar-refractivity contribution is -0.121. The Morgan fingerprint density at radius 1 is 1.19 bits per heavy atom. The summed E-state index contributed by atoms with van der Waals surface area (Å²) in [6.45, 7) is 10.1. The van der Waals surface area contributed by atoms with Crippen molar-refractivity contribution in [2.45, 2.75) is 25.7 Å². The number of carbonyl (C=O) groups is 1. The minimum atomic E-state index is -0.481. The van der Waals surface area contributed by atoms with E-state index in [1.54, 1.807) is 25.3 Å². The maximum atomic E-state index is 13.2.